The minimum atomic E-state index is -0.239. The molecule has 0 bridgehead atoms. The van der Waals surface area contributed by atoms with Crippen molar-refractivity contribution < 1.29 is 5.11 Å². The van der Waals surface area contributed by atoms with Crippen molar-refractivity contribution in [3.63, 3.8) is 0 Å². The summed E-state index contributed by atoms with van der Waals surface area (Å²) in [5.74, 6) is 0.405. The van der Waals surface area contributed by atoms with Gasteiger partial charge in [0, 0.05) is 0 Å². The summed E-state index contributed by atoms with van der Waals surface area (Å²) >= 11 is 0. The second kappa shape index (κ2) is 9.26. The van der Waals surface area contributed by atoms with Crippen LogP contribution in [-0.2, 0) is 0 Å². The van der Waals surface area contributed by atoms with E-state index in [9.17, 15) is 5.11 Å². The molecule has 0 amide bonds. The zero-order valence-electron chi connectivity index (χ0n) is 10.00. The van der Waals surface area contributed by atoms with Crippen LogP contribution in [0.4, 0.5) is 0 Å². The number of unbranched alkanes of at least 4 members (excludes halogenated alkanes) is 3. The minimum Gasteiger partial charge on any atom is -0.389 e. The molecule has 0 aromatic heterocycles. The first-order valence-electron chi connectivity index (χ1n) is 6.07. The molecule has 14 heavy (non-hydrogen) atoms. The zero-order valence-corrected chi connectivity index (χ0v) is 10.00. The highest BCUT2D eigenvalue weighted by molar-refractivity contribution is 4.90. The Morgan fingerprint density at radius 3 is 2.43 bits per heavy atom. The summed E-state index contributed by atoms with van der Waals surface area (Å²) in [7, 11) is 0. The summed E-state index contributed by atoms with van der Waals surface area (Å²) < 4.78 is 0. The van der Waals surface area contributed by atoms with Crippen molar-refractivity contribution in [3.8, 4) is 0 Å². The van der Waals surface area contributed by atoms with Crippen molar-refractivity contribution in [3.05, 3.63) is 12.2 Å². The van der Waals surface area contributed by atoms with Gasteiger partial charge < -0.3 is 5.11 Å². The fourth-order valence-corrected chi connectivity index (χ4v) is 1.56. The van der Waals surface area contributed by atoms with Crippen molar-refractivity contribution in [1.29, 1.82) is 0 Å². The summed E-state index contributed by atoms with van der Waals surface area (Å²) in [5.41, 5.74) is 0. The van der Waals surface area contributed by atoms with Crippen LogP contribution in [0.3, 0.4) is 0 Å². The predicted molar refractivity (Wildman–Crippen MR) is 63.4 cm³/mol. The summed E-state index contributed by atoms with van der Waals surface area (Å²) in [4.78, 5) is 0. The van der Waals surface area contributed by atoms with Crippen LogP contribution in [0.5, 0.6) is 0 Å². The molecule has 0 aromatic carbocycles. The lowest BCUT2D eigenvalue weighted by Crippen LogP contribution is -2.14. The molecule has 2 atom stereocenters. The van der Waals surface area contributed by atoms with Crippen LogP contribution in [0.2, 0.25) is 0 Å². The number of hydrogen-bond donors (Lipinski definition) is 1. The number of hydrogen-bond acceptors (Lipinski definition) is 1. The molecular formula is C13H26O. The van der Waals surface area contributed by atoms with E-state index in [4.69, 9.17) is 0 Å². The van der Waals surface area contributed by atoms with E-state index in [0.717, 1.165) is 19.3 Å². The van der Waals surface area contributed by atoms with E-state index >= 15 is 0 Å². The van der Waals surface area contributed by atoms with Crippen molar-refractivity contribution >= 4 is 0 Å². The van der Waals surface area contributed by atoms with Gasteiger partial charge in [-0.1, -0.05) is 52.2 Å². The number of aliphatic hydroxyl groups is 1. The second-order valence-corrected chi connectivity index (χ2v) is 4.18. The van der Waals surface area contributed by atoms with Crippen LogP contribution < -0.4 is 0 Å². The van der Waals surface area contributed by atoms with E-state index in [1.807, 2.05) is 6.08 Å². The van der Waals surface area contributed by atoms with Crippen molar-refractivity contribution in [2.24, 2.45) is 5.92 Å². The molecule has 0 aliphatic carbocycles. The predicted octanol–water partition coefficient (Wildman–Crippen LogP) is 3.92. The third-order valence-electron chi connectivity index (χ3n) is 2.63. The molecule has 0 aromatic rings. The molecule has 0 saturated heterocycles. The normalized spacial score (nSPS) is 16.0. The van der Waals surface area contributed by atoms with Gasteiger partial charge in [-0.05, 0) is 25.2 Å². The van der Waals surface area contributed by atoms with E-state index in [1.165, 1.54) is 19.3 Å². The van der Waals surface area contributed by atoms with Crippen molar-refractivity contribution in [2.75, 3.05) is 0 Å². The molecule has 0 rings (SSSR count). The first-order valence-corrected chi connectivity index (χ1v) is 6.07. The largest absolute Gasteiger partial charge is 0.389 e. The summed E-state index contributed by atoms with van der Waals surface area (Å²) in [6.07, 6.45) is 11.1. The molecule has 0 spiro atoms. The average Bonchev–Trinajstić information content (AvgIpc) is 2.17. The van der Waals surface area contributed by atoms with Gasteiger partial charge in [-0.2, -0.15) is 0 Å². The summed E-state index contributed by atoms with van der Waals surface area (Å²) in [6, 6.07) is 0. The molecule has 0 saturated carbocycles. The van der Waals surface area contributed by atoms with E-state index in [0.29, 0.717) is 5.92 Å². The minimum absolute atomic E-state index is 0.239. The lowest BCUT2D eigenvalue weighted by atomic mass is 9.99. The SMILES string of the molecule is CCCCCC=CC(O)C(C)CCC. The molecule has 0 radical (unpaired) electrons. The van der Waals surface area contributed by atoms with Crippen LogP contribution >= 0.6 is 0 Å². The Hall–Kier alpha value is -0.300. The molecule has 1 nitrogen and oxygen atoms in total. The Kier molecular flexibility index (Phi) is 9.06. The van der Waals surface area contributed by atoms with E-state index in [1.54, 1.807) is 0 Å². The molecule has 0 aliphatic heterocycles. The van der Waals surface area contributed by atoms with E-state index in [-0.39, 0.29) is 6.10 Å². The molecule has 0 heterocycles. The van der Waals surface area contributed by atoms with Gasteiger partial charge in [-0.25, -0.2) is 0 Å². The first kappa shape index (κ1) is 13.7. The van der Waals surface area contributed by atoms with Gasteiger partial charge in [0.1, 0.15) is 0 Å². The molecule has 1 heteroatoms. The monoisotopic (exact) mass is 198 g/mol. The lowest BCUT2D eigenvalue weighted by molar-refractivity contribution is 0.156. The molecule has 1 N–H and O–H groups in total. The molecule has 2 unspecified atom stereocenters. The molecular weight excluding hydrogens is 172 g/mol. The Bertz CT molecular complexity index is 140. The van der Waals surface area contributed by atoms with Gasteiger partial charge in [0.15, 0.2) is 0 Å². The van der Waals surface area contributed by atoms with Crippen molar-refractivity contribution in [1.82, 2.24) is 0 Å². The Morgan fingerprint density at radius 2 is 1.86 bits per heavy atom. The van der Waals surface area contributed by atoms with Crippen LogP contribution in [0.15, 0.2) is 12.2 Å². The van der Waals surface area contributed by atoms with Gasteiger partial charge in [-0.15, -0.1) is 0 Å². The van der Waals surface area contributed by atoms with Gasteiger partial charge >= 0.3 is 0 Å². The maximum Gasteiger partial charge on any atom is 0.0746 e. The highest BCUT2D eigenvalue weighted by Crippen LogP contribution is 2.12. The van der Waals surface area contributed by atoms with Crippen LogP contribution in [0.25, 0.3) is 0 Å². The Balaban J connectivity index is 3.53. The fourth-order valence-electron chi connectivity index (χ4n) is 1.56. The summed E-state index contributed by atoms with van der Waals surface area (Å²) in [5, 5.41) is 9.72. The van der Waals surface area contributed by atoms with Crippen LogP contribution in [0.1, 0.15) is 59.3 Å². The molecule has 0 fully saturated rings. The molecule has 84 valence electrons. The number of aliphatic hydroxyl groups excluding tert-OH is 1. The van der Waals surface area contributed by atoms with Gasteiger partial charge in [0.25, 0.3) is 0 Å². The average molecular weight is 198 g/mol. The van der Waals surface area contributed by atoms with E-state index < -0.39 is 0 Å². The maximum absolute atomic E-state index is 9.72. The number of rotatable bonds is 8. The standard InChI is InChI=1S/C13H26O/c1-4-6-7-8-9-11-13(14)12(3)10-5-2/h9,11-14H,4-8,10H2,1-3H3. The fraction of sp³-hybridized carbons (Fsp3) is 0.846. The van der Waals surface area contributed by atoms with E-state index in [2.05, 4.69) is 26.8 Å². The van der Waals surface area contributed by atoms with Gasteiger partial charge in [-0.3, -0.25) is 0 Å². The van der Waals surface area contributed by atoms with Gasteiger partial charge in [0.2, 0.25) is 0 Å². The highest BCUT2D eigenvalue weighted by atomic mass is 16.3. The van der Waals surface area contributed by atoms with Crippen LogP contribution in [-0.4, -0.2) is 11.2 Å². The first-order chi connectivity index (χ1) is 6.72. The third kappa shape index (κ3) is 7.14. The lowest BCUT2D eigenvalue weighted by Gasteiger charge is -2.13. The summed E-state index contributed by atoms with van der Waals surface area (Å²) in [6.45, 7) is 6.49. The Morgan fingerprint density at radius 1 is 1.14 bits per heavy atom. The van der Waals surface area contributed by atoms with Crippen molar-refractivity contribution in [2.45, 2.75) is 65.4 Å². The highest BCUT2D eigenvalue weighted by Gasteiger charge is 2.08. The molecule has 0 aliphatic rings. The number of allylic oxidation sites excluding steroid dienone is 1. The smallest absolute Gasteiger partial charge is 0.0746 e. The maximum atomic E-state index is 9.72. The topological polar surface area (TPSA) is 20.2 Å². The van der Waals surface area contributed by atoms with Gasteiger partial charge in [0.05, 0.1) is 6.10 Å². The second-order valence-electron chi connectivity index (χ2n) is 4.18. The zero-order chi connectivity index (χ0) is 10.8. The Labute approximate surface area is 89.2 Å². The van der Waals surface area contributed by atoms with Crippen LogP contribution in [0, 0.1) is 5.92 Å². The quantitative estimate of drug-likeness (QED) is 0.463. The third-order valence-corrected chi connectivity index (χ3v) is 2.63.